The fraction of sp³-hybridized carbons (Fsp3) is 0.773. The standard InChI is InChI=1S/C22H30F2N4O2/c1-13-6-3-4-9-28(13)21-25-19-14(7-5-8-22(19,23)24)20(26-21)27-11-16-15(17(16)12-27)10-18(29)30-2/h13,15-17H,3-12H2,1-2H3/t13-,15-,16-,17+/m1/s1. The number of aromatic nitrogens is 2. The summed E-state index contributed by atoms with van der Waals surface area (Å²) in [7, 11) is 1.42. The van der Waals surface area contributed by atoms with Crippen LogP contribution in [0.3, 0.4) is 0 Å². The monoisotopic (exact) mass is 420 g/mol. The summed E-state index contributed by atoms with van der Waals surface area (Å²) in [5, 5.41) is 0. The summed E-state index contributed by atoms with van der Waals surface area (Å²) in [6.07, 6.45) is 4.61. The van der Waals surface area contributed by atoms with Gasteiger partial charge in [-0.2, -0.15) is 13.8 Å². The maximum Gasteiger partial charge on any atom is 0.305 e. The van der Waals surface area contributed by atoms with Crippen molar-refractivity contribution in [3.8, 4) is 0 Å². The molecule has 3 heterocycles. The van der Waals surface area contributed by atoms with Crippen LogP contribution in [0.2, 0.25) is 0 Å². The van der Waals surface area contributed by atoms with Crippen LogP contribution < -0.4 is 9.80 Å². The number of fused-ring (bicyclic) bond motifs is 2. The molecule has 2 saturated heterocycles. The van der Waals surface area contributed by atoms with E-state index in [0.717, 1.165) is 38.9 Å². The highest BCUT2D eigenvalue weighted by Crippen LogP contribution is 2.55. The lowest BCUT2D eigenvalue weighted by molar-refractivity contribution is -0.141. The predicted octanol–water partition coefficient (Wildman–Crippen LogP) is 3.53. The van der Waals surface area contributed by atoms with E-state index in [1.54, 1.807) is 0 Å². The number of esters is 1. The molecule has 6 nitrogen and oxygen atoms in total. The van der Waals surface area contributed by atoms with Crippen molar-refractivity contribution >= 4 is 17.7 Å². The number of halogens is 2. The lowest BCUT2D eigenvalue weighted by atomic mass is 9.92. The van der Waals surface area contributed by atoms with Crippen molar-refractivity contribution in [1.82, 2.24) is 9.97 Å². The minimum atomic E-state index is -2.89. The molecule has 2 aliphatic carbocycles. The maximum absolute atomic E-state index is 14.9. The molecule has 1 aromatic rings. The topological polar surface area (TPSA) is 58.6 Å². The predicted molar refractivity (Wildman–Crippen MR) is 109 cm³/mol. The summed E-state index contributed by atoms with van der Waals surface area (Å²) in [6.45, 7) is 4.49. The Morgan fingerprint density at radius 1 is 1.20 bits per heavy atom. The third kappa shape index (κ3) is 3.32. The molecule has 5 rings (SSSR count). The quantitative estimate of drug-likeness (QED) is 0.695. The lowest BCUT2D eigenvalue weighted by Gasteiger charge is -2.36. The van der Waals surface area contributed by atoms with Gasteiger partial charge < -0.3 is 14.5 Å². The number of anilines is 2. The first-order valence-electron chi connectivity index (χ1n) is 11.3. The van der Waals surface area contributed by atoms with Gasteiger partial charge in [-0.1, -0.05) is 0 Å². The molecule has 0 aromatic carbocycles. The SMILES string of the molecule is COC(=O)C[C@@H]1[C@H]2CN(c3nc(N4CCCC[C@H]4C)nc4c3CCCC4(F)F)C[C@@H]12. The molecule has 1 aromatic heterocycles. The van der Waals surface area contributed by atoms with Gasteiger partial charge in [0.05, 0.1) is 7.11 Å². The van der Waals surface area contributed by atoms with Gasteiger partial charge in [-0.3, -0.25) is 4.79 Å². The second kappa shape index (κ2) is 7.31. The lowest BCUT2D eigenvalue weighted by Crippen LogP contribution is -2.40. The van der Waals surface area contributed by atoms with E-state index >= 15 is 0 Å². The van der Waals surface area contributed by atoms with Crippen molar-refractivity contribution in [3.63, 3.8) is 0 Å². The fourth-order valence-electron chi connectivity index (χ4n) is 5.79. The Labute approximate surface area is 176 Å². The normalized spacial score (nSPS) is 31.9. The first-order chi connectivity index (χ1) is 14.4. The molecule has 30 heavy (non-hydrogen) atoms. The van der Waals surface area contributed by atoms with Gasteiger partial charge in [-0.15, -0.1) is 0 Å². The van der Waals surface area contributed by atoms with Gasteiger partial charge in [-0.25, -0.2) is 4.98 Å². The van der Waals surface area contributed by atoms with Gasteiger partial charge in [0, 0.05) is 44.1 Å². The van der Waals surface area contributed by atoms with Crippen LogP contribution in [0.25, 0.3) is 0 Å². The third-order valence-corrected chi connectivity index (χ3v) is 7.60. The number of carbonyl (C=O) groups is 1. The number of methoxy groups -OCH3 is 1. The van der Waals surface area contributed by atoms with Gasteiger partial charge in [0.15, 0.2) is 0 Å². The maximum atomic E-state index is 14.9. The molecular weight excluding hydrogens is 390 g/mol. The zero-order chi connectivity index (χ0) is 21.0. The Hall–Kier alpha value is -1.99. The zero-order valence-corrected chi connectivity index (χ0v) is 17.7. The van der Waals surface area contributed by atoms with Crippen LogP contribution in [0.4, 0.5) is 20.5 Å². The number of hydrogen-bond acceptors (Lipinski definition) is 6. The van der Waals surface area contributed by atoms with Crippen LogP contribution in [-0.4, -0.2) is 48.7 Å². The number of alkyl halides is 2. The highest BCUT2D eigenvalue weighted by Gasteiger charge is 2.57. The number of hydrogen-bond donors (Lipinski definition) is 0. The smallest absolute Gasteiger partial charge is 0.305 e. The Morgan fingerprint density at radius 3 is 2.67 bits per heavy atom. The molecule has 0 unspecified atom stereocenters. The van der Waals surface area contributed by atoms with E-state index in [1.807, 2.05) is 0 Å². The van der Waals surface area contributed by atoms with Crippen LogP contribution in [0.5, 0.6) is 0 Å². The van der Waals surface area contributed by atoms with Crippen molar-refractivity contribution < 1.29 is 18.3 Å². The van der Waals surface area contributed by atoms with E-state index in [2.05, 4.69) is 21.7 Å². The molecule has 2 aliphatic heterocycles. The molecular formula is C22H30F2N4O2. The van der Waals surface area contributed by atoms with E-state index in [9.17, 15) is 13.6 Å². The number of piperidine rings is 2. The molecule has 0 spiro atoms. The van der Waals surface area contributed by atoms with Crippen molar-refractivity contribution in [1.29, 1.82) is 0 Å². The minimum Gasteiger partial charge on any atom is -0.469 e. The van der Waals surface area contributed by atoms with Crippen LogP contribution in [0.1, 0.15) is 56.7 Å². The Kier molecular flexibility index (Phi) is 4.86. The summed E-state index contributed by atoms with van der Waals surface area (Å²) < 4.78 is 34.5. The Balaban J connectivity index is 1.45. The molecule has 1 saturated carbocycles. The average molecular weight is 421 g/mol. The Morgan fingerprint density at radius 2 is 1.97 bits per heavy atom. The molecule has 0 amide bonds. The minimum absolute atomic E-state index is 0.0572. The van der Waals surface area contributed by atoms with Crippen molar-refractivity contribution in [2.75, 3.05) is 36.5 Å². The van der Waals surface area contributed by atoms with Gasteiger partial charge in [0.25, 0.3) is 5.92 Å². The first kappa shape index (κ1) is 19.9. The molecule has 3 fully saturated rings. The number of carbonyl (C=O) groups excluding carboxylic acids is 1. The van der Waals surface area contributed by atoms with E-state index in [4.69, 9.17) is 9.72 Å². The molecule has 4 aliphatic rings. The summed E-state index contributed by atoms with van der Waals surface area (Å²) in [5.41, 5.74) is 0.573. The molecule has 0 N–H and O–H groups in total. The highest BCUT2D eigenvalue weighted by molar-refractivity contribution is 5.70. The number of nitrogens with zero attached hydrogens (tertiary/aromatic N) is 4. The van der Waals surface area contributed by atoms with E-state index in [1.165, 1.54) is 7.11 Å². The highest BCUT2D eigenvalue weighted by atomic mass is 19.3. The molecule has 164 valence electrons. The Bertz CT molecular complexity index is 837. The number of rotatable bonds is 4. The average Bonchev–Trinajstić information content (AvgIpc) is 3.16. The van der Waals surface area contributed by atoms with Gasteiger partial charge in [0.1, 0.15) is 11.5 Å². The van der Waals surface area contributed by atoms with E-state index < -0.39 is 5.92 Å². The summed E-state index contributed by atoms with van der Waals surface area (Å²) in [4.78, 5) is 25.2. The van der Waals surface area contributed by atoms with Gasteiger partial charge in [-0.05, 0) is 56.8 Å². The molecule has 0 bridgehead atoms. The van der Waals surface area contributed by atoms with Crippen molar-refractivity contribution in [3.05, 3.63) is 11.3 Å². The molecule has 0 radical (unpaired) electrons. The van der Waals surface area contributed by atoms with Crippen LogP contribution in [0.15, 0.2) is 0 Å². The fourth-order valence-corrected chi connectivity index (χ4v) is 5.79. The summed E-state index contributed by atoms with van der Waals surface area (Å²) >= 11 is 0. The van der Waals surface area contributed by atoms with E-state index in [0.29, 0.717) is 54.3 Å². The number of ether oxygens (including phenoxy) is 1. The second-order valence-corrected chi connectivity index (χ2v) is 9.45. The second-order valence-electron chi connectivity index (χ2n) is 9.45. The zero-order valence-electron chi connectivity index (χ0n) is 17.7. The molecule has 4 atom stereocenters. The van der Waals surface area contributed by atoms with Crippen LogP contribution in [-0.2, 0) is 21.9 Å². The van der Waals surface area contributed by atoms with Gasteiger partial charge >= 0.3 is 5.97 Å². The van der Waals surface area contributed by atoms with Crippen LogP contribution >= 0.6 is 0 Å². The van der Waals surface area contributed by atoms with Crippen LogP contribution in [0, 0.1) is 17.8 Å². The largest absolute Gasteiger partial charge is 0.469 e. The van der Waals surface area contributed by atoms with E-state index in [-0.39, 0.29) is 24.1 Å². The summed E-state index contributed by atoms with van der Waals surface area (Å²) in [6, 6.07) is 0.262. The van der Waals surface area contributed by atoms with Gasteiger partial charge in [0.2, 0.25) is 5.95 Å². The first-order valence-corrected chi connectivity index (χ1v) is 11.3. The molecule has 8 heteroatoms. The van der Waals surface area contributed by atoms with Crippen molar-refractivity contribution in [2.45, 2.75) is 63.8 Å². The van der Waals surface area contributed by atoms with Crippen molar-refractivity contribution in [2.24, 2.45) is 17.8 Å². The summed E-state index contributed by atoms with van der Waals surface area (Å²) in [5.74, 6) is -0.682. The third-order valence-electron chi connectivity index (χ3n) is 7.60.